The third-order valence-electron chi connectivity index (χ3n) is 2.02. The molecule has 0 amide bonds. The van der Waals surface area contributed by atoms with E-state index in [4.69, 9.17) is 11.6 Å². The zero-order valence-electron chi connectivity index (χ0n) is 9.22. The van der Waals surface area contributed by atoms with Crippen molar-refractivity contribution >= 4 is 34.0 Å². The van der Waals surface area contributed by atoms with E-state index < -0.39 is 6.10 Å². The van der Waals surface area contributed by atoms with E-state index in [9.17, 15) is 5.11 Å². The predicted octanol–water partition coefficient (Wildman–Crippen LogP) is 2.86. The van der Waals surface area contributed by atoms with Crippen molar-refractivity contribution in [1.82, 2.24) is 9.36 Å². The number of hydrogen-bond acceptors (Lipinski definition) is 5. The molecule has 2 aromatic rings. The van der Waals surface area contributed by atoms with Crippen LogP contribution in [0.4, 0.5) is 10.8 Å². The van der Waals surface area contributed by atoms with Gasteiger partial charge in [-0.05, 0) is 25.1 Å². The quantitative estimate of drug-likeness (QED) is 0.896. The van der Waals surface area contributed by atoms with Gasteiger partial charge in [0.1, 0.15) is 5.82 Å². The number of hydrogen-bond donors (Lipinski definition) is 2. The number of aliphatic hydroxyl groups excluding tert-OH is 1. The summed E-state index contributed by atoms with van der Waals surface area (Å²) in [5, 5.41) is 13.7. The number of rotatable bonds is 4. The van der Waals surface area contributed by atoms with Crippen LogP contribution < -0.4 is 5.32 Å². The Morgan fingerprint density at radius 2 is 2.35 bits per heavy atom. The molecule has 2 rings (SSSR count). The fraction of sp³-hybridized carbons (Fsp3) is 0.273. The van der Waals surface area contributed by atoms with Crippen LogP contribution in [0.1, 0.15) is 12.7 Å². The molecule has 0 radical (unpaired) electrons. The van der Waals surface area contributed by atoms with Crippen LogP contribution in [-0.2, 0) is 6.42 Å². The first-order chi connectivity index (χ1) is 8.13. The molecule has 0 unspecified atom stereocenters. The SMILES string of the molecule is C[C@@H](O)Cc1nsc(Nc2cccc(Cl)c2)n1. The van der Waals surface area contributed by atoms with E-state index >= 15 is 0 Å². The highest BCUT2D eigenvalue weighted by molar-refractivity contribution is 7.09. The second-order valence-electron chi connectivity index (χ2n) is 3.70. The van der Waals surface area contributed by atoms with Crippen LogP contribution in [0.25, 0.3) is 0 Å². The molecular weight excluding hydrogens is 258 g/mol. The van der Waals surface area contributed by atoms with Gasteiger partial charge in [-0.3, -0.25) is 0 Å². The minimum absolute atomic E-state index is 0.427. The van der Waals surface area contributed by atoms with E-state index in [1.165, 1.54) is 11.5 Å². The maximum atomic E-state index is 9.23. The first-order valence-electron chi connectivity index (χ1n) is 5.17. The van der Waals surface area contributed by atoms with Gasteiger partial charge in [0.05, 0.1) is 6.10 Å². The Hall–Kier alpha value is -1.17. The number of halogens is 1. The van der Waals surface area contributed by atoms with E-state index in [0.29, 0.717) is 22.4 Å². The molecule has 2 N–H and O–H groups in total. The summed E-state index contributed by atoms with van der Waals surface area (Å²) >= 11 is 7.15. The van der Waals surface area contributed by atoms with Gasteiger partial charge >= 0.3 is 0 Å². The summed E-state index contributed by atoms with van der Waals surface area (Å²) in [5.74, 6) is 0.648. The van der Waals surface area contributed by atoms with Crippen LogP contribution >= 0.6 is 23.1 Å². The van der Waals surface area contributed by atoms with Crippen LogP contribution in [0, 0.1) is 0 Å². The van der Waals surface area contributed by atoms with Crippen molar-refractivity contribution in [2.24, 2.45) is 0 Å². The number of nitrogens with zero attached hydrogens (tertiary/aromatic N) is 2. The molecule has 90 valence electrons. The minimum Gasteiger partial charge on any atom is -0.393 e. The Balaban J connectivity index is 2.06. The lowest BCUT2D eigenvalue weighted by Gasteiger charge is -2.01. The lowest BCUT2D eigenvalue weighted by Crippen LogP contribution is -2.05. The molecule has 0 saturated carbocycles. The zero-order chi connectivity index (χ0) is 12.3. The van der Waals surface area contributed by atoms with Crippen molar-refractivity contribution in [2.75, 3.05) is 5.32 Å². The lowest BCUT2D eigenvalue weighted by atomic mass is 10.3. The molecule has 1 heterocycles. The molecule has 1 aromatic heterocycles. The third kappa shape index (κ3) is 3.66. The molecule has 0 spiro atoms. The molecule has 1 atom stereocenters. The first-order valence-corrected chi connectivity index (χ1v) is 6.32. The van der Waals surface area contributed by atoms with E-state index in [0.717, 1.165) is 5.69 Å². The summed E-state index contributed by atoms with van der Waals surface area (Å²) < 4.78 is 4.15. The lowest BCUT2D eigenvalue weighted by molar-refractivity contribution is 0.193. The summed E-state index contributed by atoms with van der Waals surface area (Å²) in [6, 6.07) is 7.40. The Kier molecular flexibility index (Phi) is 3.93. The number of anilines is 2. The fourth-order valence-corrected chi connectivity index (χ4v) is 2.15. The standard InChI is InChI=1S/C11H12ClN3OS/c1-7(16)5-10-14-11(17-15-10)13-9-4-2-3-8(12)6-9/h2-4,6-7,16H,5H2,1H3,(H,13,14,15)/t7-/m1/s1. The average Bonchev–Trinajstić information content (AvgIpc) is 2.64. The summed E-state index contributed by atoms with van der Waals surface area (Å²) in [7, 11) is 0. The van der Waals surface area contributed by atoms with Crippen molar-refractivity contribution in [2.45, 2.75) is 19.4 Å². The Morgan fingerprint density at radius 3 is 3.06 bits per heavy atom. The Labute approximate surface area is 108 Å². The average molecular weight is 270 g/mol. The Morgan fingerprint density at radius 1 is 1.53 bits per heavy atom. The van der Waals surface area contributed by atoms with E-state index in [2.05, 4.69) is 14.7 Å². The van der Waals surface area contributed by atoms with Gasteiger partial charge in [-0.25, -0.2) is 4.98 Å². The summed E-state index contributed by atoms with van der Waals surface area (Å²) in [5.41, 5.74) is 0.872. The summed E-state index contributed by atoms with van der Waals surface area (Å²) in [6.07, 6.45) is 0.0388. The van der Waals surface area contributed by atoms with Crippen LogP contribution in [0.2, 0.25) is 5.02 Å². The second kappa shape index (κ2) is 5.44. The smallest absolute Gasteiger partial charge is 0.207 e. The molecular formula is C11H12ClN3OS. The fourth-order valence-electron chi connectivity index (χ4n) is 1.34. The summed E-state index contributed by atoms with van der Waals surface area (Å²) in [4.78, 5) is 4.27. The Bertz CT molecular complexity index is 501. The maximum absolute atomic E-state index is 9.23. The number of aliphatic hydroxyl groups is 1. The van der Waals surface area contributed by atoms with Crippen LogP contribution in [-0.4, -0.2) is 20.6 Å². The largest absolute Gasteiger partial charge is 0.393 e. The van der Waals surface area contributed by atoms with Crippen molar-refractivity contribution < 1.29 is 5.11 Å². The zero-order valence-corrected chi connectivity index (χ0v) is 10.8. The normalized spacial score (nSPS) is 12.4. The molecule has 1 aromatic carbocycles. The number of aromatic nitrogens is 2. The molecule has 6 heteroatoms. The van der Waals surface area contributed by atoms with Gasteiger partial charge in [0.15, 0.2) is 0 Å². The minimum atomic E-state index is -0.427. The highest BCUT2D eigenvalue weighted by Gasteiger charge is 2.07. The molecule has 0 bridgehead atoms. The van der Waals surface area contributed by atoms with Crippen LogP contribution in [0.3, 0.4) is 0 Å². The molecule has 17 heavy (non-hydrogen) atoms. The molecule has 0 fully saturated rings. The predicted molar refractivity (Wildman–Crippen MR) is 70.0 cm³/mol. The van der Waals surface area contributed by atoms with Gasteiger partial charge in [0, 0.05) is 28.7 Å². The number of benzene rings is 1. The van der Waals surface area contributed by atoms with E-state index in [1.54, 1.807) is 6.92 Å². The molecule has 0 aliphatic carbocycles. The van der Waals surface area contributed by atoms with Crippen LogP contribution in [0.5, 0.6) is 0 Å². The van der Waals surface area contributed by atoms with Gasteiger partial charge in [-0.1, -0.05) is 17.7 Å². The van der Waals surface area contributed by atoms with Gasteiger partial charge in [-0.15, -0.1) is 0 Å². The van der Waals surface area contributed by atoms with Crippen molar-refractivity contribution in [3.8, 4) is 0 Å². The number of nitrogens with one attached hydrogen (secondary N) is 1. The van der Waals surface area contributed by atoms with Gasteiger partial charge in [0.2, 0.25) is 5.13 Å². The van der Waals surface area contributed by atoms with E-state index in [1.807, 2.05) is 24.3 Å². The van der Waals surface area contributed by atoms with Gasteiger partial charge in [-0.2, -0.15) is 4.37 Å². The van der Waals surface area contributed by atoms with Crippen molar-refractivity contribution in [3.05, 3.63) is 35.1 Å². The van der Waals surface area contributed by atoms with Crippen LogP contribution in [0.15, 0.2) is 24.3 Å². The first kappa shape index (κ1) is 12.3. The van der Waals surface area contributed by atoms with Crippen molar-refractivity contribution in [3.63, 3.8) is 0 Å². The van der Waals surface area contributed by atoms with E-state index in [-0.39, 0.29) is 0 Å². The molecule has 0 saturated heterocycles. The summed E-state index contributed by atoms with van der Waals surface area (Å²) in [6.45, 7) is 1.71. The second-order valence-corrected chi connectivity index (χ2v) is 4.89. The molecule has 0 aliphatic rings. The maximum Gasteiger partial charge on any atom is 0.207 e. The topological polar surface area (TPSA) is 58.0 Å². The van der Waals surface area contributed by atoms with Gasteiger partial charge < -0.3 is 10.4 Å². The third-order valence-corrected chi connectivity index (χ3v) is 2.93. The molecule has 4 nitrogen and oxygen atoms in total. The highest BCUT2D eigenvalue weighted by atomic mass is 35.5. The molecule has 0 aliphatic heterocycles. The van der Waals surface area contributed by atoms with Gasteiger partial charge in [0.25, 0.3) is 0 Å². The monoisotopic (exact) mass is 269 g/mol. The van der Waals surface area contributed by atoms with Crippen molar-refractivity contribution in [1.29, 1.82) is 0 Å². The highest BCUT2D eigenvalue weighted by Crippen LogP contribution is 2.21.